The Morgan fingerprint density at radius 1 is 1.47 bits per heavy atom. The van der Waals surface area contributed by atoms with E-state index in [-0.39, 0.29) is 6.61 Å². The van der Waals surface area contributed by atoms with E-state index in [1.165, 1.54) is 31.5 Å². The molecule has 2 heterocycles. The molecule has 1 saturated heterocycles. The molecule has 1 aliphatic rings. The summed E-state index contributed by atoms with van der Waals surface area (Å²) >= 11 is 1.75. The Hall–Kier alpha value is -0.420. The number of nitrogens with zero attached hydrogens (tertiary/aromatic N) is 2. The van der Waals surface area contributed by atoms with Crippen molar-refractivity contribution in [3.63, 3.8) is 0 Å². The minimum absolute atomic E-state index is 0.260. The monoisotopic (exact) mass is 254 g/mol. The second kappa shape index (κ2) is 6.50. The molecule has 0 unspecified atom stereocenters. The van der Waals surface area contributed by atoms with Crippen molar-refractivity contribution in [2.24, 2.45) is 0 Å². The van der Waals surface area contributed by atoms with E-state index in [0.29, 0.717) is 6.04 Å². The molecule has 0 saturated carbocycles. The molecule has 0 atom stereocenters. The van der Waals surface area contributed by atoms with E-state index in [2.05, 4.69) is 33.7 Å². The van der Waals surface area contributed by atoms with Crippen molar-refractivity contribution >= 4 is 11.3 Å². The third kappa shape index (κ3) is 3.78. The van der Waals surface area contributed by atoms with E-state index in [0.717, 1.165) is 13.1 Å². The first kappa shape index (κ1) is 13.0. The normalized spacial score (nSPS) is 19.0. The minimum atomic E-state index is 0.260. The van der Waals surface area contributed by atoms with Crippen molar-refractivity contribution in [1.29, 1.82) is 0 Å². The van der Waals surface area contributed by atoms with Crippen LogP contribution < -0.4 is 0 Å². The lowest BCUT2D eigenvalue weighted by molar-refractivity contribution is 0.0942. The lowest BCUT2D eigenvalue weighted by Crippen LogP contribution is -2.44. The maximum absolute atomic E-state index is 9.20. The fourth-order valence-corrected chi connectivity index (χ4v) is 3.16. The molecule has 0 radical (unpaired) electrons. The van der Waals surface area contributed by atoms with Gasteiger partial charge in [-0.25, -0.2) is 0 Å². The number of piperidine rings is 1. The topological polar surface area (TPSA) is 26.7 Å². The van der Waals surface area contributed by atoms with Gasteiger partial charge in [0.1, 0.15) is 0 Å². The number of likely N-dealkylation sites (tertiary alicyclic amines) is 1. The van der Waals surface area contributed by atoms with Crippen LogP contribution in [0.4, 0.5) is 0 Å². The Balaban J connectivity index is 1.92. The summed E-state index contributed by atoms with van der Waals surface area (Å²) in [6.45, 7) is 4.39. The quantitative estimate of drug-likeness (QED) is 0.865. The number of aliphatic hydroxyl groups is 1. The van der Waals surface area contributed by atoms with Crippen LogP contribution in [0, 0.1) is 0 Å². The number of hydrogen-bond acceptors (Lipinski definition) is 4. The Bertz CT molecular complexity index is 307. The van der Waals surface area contributed by atoms with Crippen LogP contribution in [-0.2, 0) is 6.54 Å². The number of aliphatic hydroxyl groups excluding tert-OH is 1. The van der Waals surface area contributed by atoms with Crippen LogP contribution in [0.25, 0.3) is 0 Å². The molecule has 0 bridgehead atoms. The molecule has 3 nitrogen and oxygen atoms in total. The highest BCUT2D eigenvalue weighted by Crippen LogP contribution is 2.18. The predicted molar refractivity (Wildman–Crippen MR) is 72.3 cm³/mol. The highest BCUT2D eigenvalue weighted by molar-refractivity contribution is 7.07. The van der Waals surface area contributed by atoms with Gasteiger partial charge in [0.05, 0.1) is 6.61 Å². The summed E-state index contributed by atoms with van der Waals surface area (Å²) in [5, 5.41) is 13.5. The second-order valence-electron chi connectivity index (χ2n) is 4.86. The van der Waals surface area contributed by atoms with Crippen LogP contribution in [0.15, 0.2) is 16.8 Å². The van der Waals surface area contributed by atoms with Gasteiger partial charge >= 0.3 is 0 Å². The van der Waals surface area contributed by atoms with Crippen LogP contribution in [0.3, 0.4) is 0 Å². The maximum Gasteiger partial charge on any atom is 0.0558 e. The van der Waals surface area contributed by atoms with Gasteiger partial charge in [-0.15, -0.1) is 0 Å². The van der Waals surface area contributed by atoms with Gasteiger partial charge in [-0.3, -0.25) is 4.90 Å². The Kier molecular flexibility index (Phi) is 4.98. The van der Waals surface area contributed by atoms with Gasteiger partial charge in [0.25, 0.3) is 0 Å². The molecule has 1 fully saturated rings. The third-order valence-corrected chi connectivity index (χ3v) is 4.29. The van der Waals surface area contributed by atoms with Crippen molar-refractivity contribution in [2.45, 2.75) is 25.4 Å². The van der Waals surface area contributed by atoms with Crippen LogP contribution in [0.2, 0.25) is 0 Å². The average Bonchev–Trinajstić information content (AvgIpc) is 2.82. The molecule has 0 aliphatic carbocycles. The van der Waals surface area contributed by atoms with E-state index in [1.54, 1.807) is 11.3 Å². The Morgan fingerprint density at radius 3 is 2.82 bits per heavy atom. The molecular formula is C13H22N2OS. The van der Waals surface area contributed by atoms with Crippen molar-refractivity contribution in [3.8, 4) is 0 Å². The molecule has 1 aliphatic heterocycles. The smallest absolute Gasteiger partial charge is 0.0558 e. The lowest BCUT2D eigenvalue weighted by Gasteiger charge is -2.37. The molecule has 1 aromatic heterocycles. The Morgan fingerprint density at radius 2 is 2.24 bits per heavy atom. The fourth-order valence-electron chi connectivity index (χ4n) is 2.50. The van der Waals surface area contributed by atoms with Crippen molar-refractivity contribution < 1.29 is 5.11 Å². The molecule has 2 rings (SSSR count). The van der Waals surface area contributed by atoms with Crippen molar-refractivity contribution in [3.05, 3.63) is 22.4 Å². The second-order valence-corrected chi connectivity index (χ2v) is 5.64. The van der Waals surface area contributed by atoms with Gasteiger partial charge in [0.15, 0.2) is 0 Å². The first-order valence-corrected chi connectivity index (χ1v) is 7.28. The summed E-state index contributed by atoms with van der Waals surface area (Å²) in [6, 6.07) is 2.82. The zero-order valence-electron chi connectivity index (χ0n) is 10.5. The highest BCUT2D eigenvalue weighted by Gasteiger charge is 2.22. The van der Waals surface area contributed by atoms with Gasteiger partial charge in [0, 0.05) is 19.1 Å². The molecule has 0 spiro atoms. The fraction of sp³-hybridized carbons (Fsp3) is 0.692. The number of thiophene rings is 1. The van der Waals surface area contributed by atoms with Gasteiger partial charge in [0.2, 0.25) is 0 Å². The largest absolute Gasteiger partial charge is 0.395 e. The highest BCUT2D eigenvalue weighted by atomic mass is 32.1. The van der Waals surface area contributed by atoms with Crippen LogP contribution in [0.1, 0.15) is 18.4 Å². The molecule has 17 heavy (non-hydrogen) atoms. The molecule has 0 amide bonds. The molecule has 1 N–H and O–H groups in total. The van der Waals surface area contributed by atoms with Gasteiger partial charge in [-0.05, 0) is 55.4 Å². The molecular weight excluding hydrogens is 232 g/mol. The summed E-state index contributed by atoms with van der Waals surface area (Å²) < 4.78 is 0. The average molecular weight is 254 g/mol. The van der Waals surface area contributed by atoms with Crippen LogP contribution in [-0.4, -0.2) is 54.2 Å². The van der Waals surface area contributed by atoms with E-state index in [9.17, 15) is 5.11 Å². The molecule has 1 aromatic rings. The summed E-state index contributed by atoms with van der Waals surface area (Å²) in [5.74, 6) is 0. The van der Waals surface area contributed by atoms with E-state index < -0.39 is 0 Å². The van der Waals surface area contributed by atoms with E-state index in [1.807, 2.05) is 0 Å². The summed E-state index contributed by atoms with van der Waals surface area (Å²) in [5.41, 5.74) is 1.38. The zero-order chi connectivity index (χ0) is 12.1. The van der Waals surface area contributed by atoms with Crippen LogP contribution in [0.5, 0.6) is 0 Å². The SMILES string of the molecule is CN1CCC(N(CCO)Cc2ccsc2)CC1. The number of hydrogen-bond donors (Lipinski definition) is 1. The van der Waals surface area contributed by atoms with Gasteiger partial charge in [-0.2, -0.15) is 11.3 Å². The molecule has 96 valence electrons. The maximum atomic E-state index is 9.20. The summed E-state index contributed by atoms with van der Waals surface area (Å²) in [7, 11) is 2.19. The van der Waals surface area contributed by atoms with Crippen molar-refractivity contribution in [1.82, 2.24) is 9.80 Å². The number of rotatable bonds is 5. The minimum Gasteiger partial charge on any atom is -0.395 e. The summed E-state index contributed by atoms with van der Waals surface area (Å²) in [6.07, 6.45) is 2.45. The molecule has 0 aromatic carbocycles. The van der Waals surface area contributed by atoms with E-state index >= 15 is 0 Å². The standard InChI is InChI=1S/C13H22N2OS/c1-14-5-2-13(3-6-14)15(7-8-16)10-12-4-9-17-11-12/h4,9,11,13,16H,2-3,5-8,10H2,1H3. The van der Waals surface area contributed by atoms with Crippen LogP contribution >= 0.6 is 11.3 Å². The Labute approximate surface area is 108 Å². The molecule has 4 heteroatoms. The van der Waals surface area contributed by atoms with Gasteiger partial charge in [-0.1, -0.05) is 0 Å². The summed E-state index contributed by atoms with van der Waals surface area (Å²) in [4.78, 5) is 4.83. The lowest BCUT2D eigenvalue weighted by atomic mass is 10.0. The zero-order valence-corrected chi connectivity index (χ0v) is 11.3. The predicted octanol–water partition coefficient (Wildman–Crippen LogP) is 1.64. The first-order valence-electron chi connectivity index (χ1n) is 6.34. The third-order valence-electron chi connectivity index (χ3n) is 3.56. The first-order chi connectivity index (χ1) is 8.29. The van der Waals surface area contributed by atoms with Crippen molar-refractivity contribution in [2.75, 3.05) is 33.3 Å². The van der Waals surface area contributed by atoms with Gasteiger partial charge < -0.3 is 10.0 Å². The van der Waals surface area contributed by atoms with E-state index in [4.69, 9.17) is 0 Å².